The van der Waals surface area contributed by atoms with E-state index in [-0.39, 0.29) is 23.8 Å². The molecule has 1 unspecified atom stereocenters. The minimum absolute atomic E-state index is 0.108. The van der Waals surface area contributed by atoms with Gasteiger partial charge in [0.2, 0.25) is 5.91 Å². The second kappa shape index (κ2) is 5.88. The average molecular weight is 269 g/mol. The van der Waals surface area contributed by atoms with Gasteiger partial charge in [0.15, 0.2) is 0 Å². The maximum atomic E-state index is 12.0. The van der Waals surface area contributed by atoms with Gasteiger partial charge in [-0.3, -0.25) is 14.5 Å². The lowest BCUT2D eigenvalue weighted by Gasteiger charge is -2.42. The number of likely N-dealkylation sites (tertiary alicyclic amines) is 2. The summed E-state index contributed by atoms with van der Waals surface area (Å²) in [5, 5.41) is 8.90. The minimum atomic E-state index is -0.776. The molecule has 2 aliphatic rings. The van der Waals surface area contributed by atoms with Gasteiger partial charge in [-0.1, -0.05) is 6.92 Å². The van der Waals surface area contributed by atoms with E-state index in [0.29, 0.717) is 19.6 Å². The zero-order valence-electron chi connectivity index (χ0n) is 11.4. The fourth-order valence-electron chi connectivity index (χ4n) is 2.64. The number of carboxylic acids is 1. The van der Waals surface area contributed by atoms with E-state index in [0.717, 1.165) is 25.9 Å². The number of hydrogen-bond donors (Lipinski definition) is 2. The molecular formula is C13H23N3O3. The first-order valence-electron chi connectivity index (χ1n) is 6.96. The molecule has 2 rings (SSSR count). The third-order valence-electron chi connectivity index (χ3n) is 4.35. The second-order valence-corrected chi connectivity index (χ2v) is 5.80. The van der Waals surface area contributed by atoms with Crippen LogP contribution in [0.5, 0.6) is 0 Å². The highest BCUT2D eigenvalue weighted by atomic mass is 16.4. The number of amides is 1. The van der Waals surface area contributed by atoms with E-state index < -0.39 is 5.97 Å². The van der Waals surface area contributed by atoms with Crippen molar-refractivity contribution in [1.29, 1.82) is 0 Å². The van der Waals surface area contributed by atoms with E-state index in [1.54, 1.807) is 11.8 Å². The van der Waals surface area contributed by atoms with E-state index in [4.69, 9.17) is 10.8 Å². The quantitative estimate of drug-likeness (QED) is 0.724. The number of carbonyl (C=O) groups excluding carboxylic acids is 1. The van der Waals surface area contributed by atoms with E-state index in [1.807, 2.05) is 0 Å². The number of carboxylic acid groups (broad SMARTS) is 1. The van der Waals surface area contributed by atoms with Crippen LogP contribution in [0.2, 0.25) is 0 Å². The largest absolute Gasteiger partial charge is 0.481 e. The molecule has 0 aliphatic carbocycles. The first-order valence-corrected chi connectivity index (χ1v) is 6.96. The summed E-state index contributed by atoms with van der Waals surface area (Å²) in [7, 11) is 0. The number of carbonyl (C=O) groups is 2. The van der Waals surface area contributed by atoms with Crippen LogP contribution in [-0.4, -0.2) is 65.5 Å². The van der Waals surface area contributed by atoms with E-state index in [9.17, 15) is 9.59 Å². The van der Waals surface area contributed by atoms with Gasteiger partial charge in [-0.2, -0.15) is 0 Å². The Balaban J connectivity index is 1.70. The van der Waals surface area contributed by atoms with Crippen LogP contribution < -0.4 is 5.73 Å². The molecule has 0 radical (unpaired) electrons. The number of nitrogens with zero attached hydrogens (tertiary/aromatic N) is 2. The van der Waals surface area contributed by atoms with Crippen molar-refractivity contribution in [2.45, 2.75) is 25.8 Å². The Morgan fingerprint density at radius 2 is 1.89 bits per heavy atom. The normalized spacial score (nSPS) is 24.0. The van der Waals surface area contributed by atoms with Crippen LogP contribution in [0.25, 0.3) is 0 Å². The molecule has 1 amide bonds. The molecule has 3 N–H and O–H groups in total. The van der Waals surface area contributed by atoms with Crippen molar-refractivity contribution >= 4 is 11.9 Å². The Labute approximate surface area is 113 Å². The second-order valence-electron chi connectivity index (χ2n) is 5.80. The number of piperidine rings is 1. The Kier molecular flexibility index (Phi) is 4.42. The highest BCUT2D eigenvalue weighted by molar-refractivity contribution is 5.79. The van der Waals surface area contributed by atoms with Crippen LogP contribution in [0.1, 0.15) is 19.8 Å². The van der Waals surface area contributed by atoms with Gasteiger partial charge >= 0.3 is 5.97 Å². The zero-order chi connectivity index (χ0) is 14.0. The van der Waals surface area contributed by atoms with Crippen molar-refractivity contribution in [3.8, 4) is 0 Å². The average Bonchev–Trinajstić information content (AvgIpc) is 2.30. The summed E-state index contributed by atoms with van der Waals surface area (Å²) < 4.78 is 0. The summed E-state index contributed by atoms with van der Waals surface area (Å²) in [6.07, 6.45) is 1.90. The summed E-state index contributed by atoms with van der Waals surface area (Å²) in [6.45, 7) is 5.09. The molecule has 0 saturated carbocycles. The monoisotopic (exact) mass is 269 g/mol. The van der Waals surface area contributed by atoms with Gasteiger partial charge in [0.1, 0.15) is 0 Å². The fraction of sp³-hybridized carbons (Fsp3) is 0.846. The lowest BCUT2D eigenvalue weighted by molar-refractivity contribution is -0.151. The molecule has 6 nitrogen and oxygen atoms in total. The number of aliphatic carboxylic acids is 1. The Hall–Kier alpha value is -1.14. The van der Waals surface area contributed by atoms with Crippen LogP contribution in [0.15, 0.2) is 0 Å². The summed E-state index contributed by atoms with van der Waals surface area (Å²) >= 11 is 0. The van der Waals surface area contributed by atoms with Crippen molar-refractivity contribution in [1.82, 2.24) is 9.80 Å². The van der Waals surface area contributed by atoms with Crippen molar-refractivity contribution in [3.63, 3.8) is 0 Å². The smallest absolute Gasteiger partial charge is 0.306 e. The molecule has 0 aromatic carbocycles. The van der Waals surface area contributed by atoms with Crippen LogP contribution in [0, 0.1) is 11.8 Å². The van der Waals surface area contributed by atoms with Crippen molar-refractivity contribution in [2.75, 3.05) is 32.7 Å². The number of hydrogen-bond acceptors (Lipinski definition) is 4. The van der Waals surface area contributed by atoms with Gasteiger partial charge in [0.05, 0.1) is 12.5 Å². The molecule has 2 aliphatic heterocycles. The van der Waals surface area contributed by atoms with Gasteiger partial charge < -0.3 is 15.7 Å². The van der Waals surface area contributed by atoms with E-state index >= 15 is 0 Å². The van der Waals surface area contributed by atoms with Crippen molar-refractivity contribution in [2.24, 2.45) is 17.6 Å². The molecule has 0 spiro atoms. The molecule has 0 aromatic heterocycles. The first-order chi connectivity index (χ1) is 8.97. The molecule has 6 heteroatoms. The molecule has 2 fully saturated rings. The molecule has 0 bridgehead atoms. The SMILES string of the molecule is CC(C(=O)O)C1CN(C(=O)CN2CCC(N)CC2)C1. The van der Waals surface area contributed by atoms with Crippen LogP contribution in [-0.2, 0) is 9.59 Å². The van der Waals surface area contributed by atoms with Crippen molar-refractivity contribution < 1.29 is 14.7 Å². The molecule has 0 aromatic rings. The number of nitrogens with two attached hydrogens (primary N) is 1. The molecule has 108 valence electrons. The zero-order valence-corrected chi connectivity index (χ0v) is 11.4. The molecule has 2 saturated heterocycles. The lowest BCUT2D eigenvalue weighted by Crippen LogP contribution is -2.56. The van der Waals surface area contributed by atoms with Crippen LogP contribution in [0.4, 0.5) is 0 Å². The van der Waals surface area contributed by atoms with Gasteiger partial charge in [-0.05, 0) is 12.8 Å². The maximum absolute atomic E-state index is 12.0. The highest BCUT2D eigenvalue weighted by Gasteiger charge is 2.37. The van der Waals surface area contributed by atoms with Crippen LogP contribution in [0.3, 0.4) is 0 Å². The van der Waals surface area contributed by atoms with E-state index in [2.05, 4.69) is 4.90 Å². The molecule has 19 heavy (non-hydrogen) atoms. The van der Waals surface area contributed by atoms with Gasteiger partial charge in [0, 0.05) is 38.1 Å². The minimum Gasteiger partial charge on any atom is -0.481 e. The highest BCUT2D eigenvalue weighted by Crippen LogP contribution is 2.24. The summed E-state index contributed by atoms with van der Waals surface area (Å²) in [5.41, 5.74) is 5.83. The standard InChI is InChI=1S/C13H23N3O3/c1-9(13(18)19)10-6-16(7-10)12(17)8-15-4-2-11(14)3-5-15/h9-11H,2-8,14H2,1H3,(H,18,19). The Bertz CT molecular complexity index is 347. The Morgan fingerprint density at radius 3 is 2.42 bits per heavy atom. The van der Waals surface area contributed by atoms with Crippen LogP contribution >= 0.6 is 0 Å². The summed E-state index contributed by atoms with van der Waals surface area (Å²) in [6, 6.07) is 0.274. The summed E-state index contributed by atoms with van der Waals surface area (Å²) in [4.78, 5) is 26.8. The molecular weight excluding hydrogens is 246 g/mol. The maximum Gasteiger partial charge on any atom is 0.306 e. The van der Waals surface area contributed by atoms with Gasteiger partial charge in [-0.15, -0.1) is 0 Å². The topological polar surface area (TPSA) is 86.9 Å². The van der Waals surface area contributed by atoms with Gasteiger partial charge in [0.25, 0.3) is 0 Å². The van der Waals surface area contributed by atoms with Gasteiger partial charge in [-0.25, -0.2) is 0 Å². The molecule has 1 atom stereocenters. The Morgan fingerprint density at radius 1 is 1.32 bits per heavy atom. The third-order valence-corrected chi connectivity index (χ3v) is 4.35. The lowest BCUT2D eigenvalue weighted by atomic mass is 9.87. The van der Waals surface area contributed by atoms with Crippen molar-refractivity contribution in [3.05, 3.63) is 0 Å². The summed E-state index contributed by atoms with van der Waals surface area (Å²) in [5.74, 6) is -0.917. The molecule has 2 heterocycles. The first kappa shape index (κ1) is 14.3. The number of rotatable bonds is 4. The van der Waals surface area contributed by atoms with E-state index in [1.165, 1.54) is 0 Å². The predicted octanol–water partition coefficient (Wildman–Crippen LogP) is -0.411. The predicted molar refractivity (Wildman–Crippen MR) is 70.5 cm³/mol. The fourth-order valence-corrected chi connectivity index (χ4v) is 2.64. The third kappa shape index (κ3) is 3.45.